The van der Waals surface area contributed by atoms with Crippen LogP contribution in [0.25, 0.3) is 0 Å². The highest BCUT2D eigenvalue weighted by atomic mass is 16.3. The number of carbonyl (C=O) groups excluding carboxylic acids is 1. The zero-order valence-electron chi connectivity index (χ0n) is 15.9. The molecular weight excluding hydrogens is 356 g/mol. The van der Waals surface area contributed by atoms with Crippen LogP contribution in [0.4, 0.5) is 17.5 Å². The molecule has 3 aromatic rings. The highest BCUT2D eigenvalue weighted by Crippen LogP contribution is 2.19. The van der Waals surface area contributed by atoms with E-state index in [-0.39, 0.29) is 5.91 Å². The third-order valence-corrected chi connectivity index (χ3v) is 4.73. The molecule has 1 aliphatic heterocycles. The molecule has 0 aromatic carbocycles. The Balaban J connectivity index is 1.36. The summed E-state index contributed by atoms with van der Waals surface area (Å²) in [7, 11) is 0. The number of hydrogen-bond acceptors (Lipinski definition) is 7. The van der Waals surface area contributed by atoms with Gasteiger partial charge in [-0.1, -0.05) is 6.07 Å². The summed E-state index contributed by atoms with van der Waals surface area (Å²) < 4.78 is 5.48. The van der Waals surface area contributed by atoms with E-state index in [1.807, 2.05) is 55.1 Å². The number of aryl methyl sites for hydroxylation is 2. The molecule has 1 fully saturated rings. The van der Waals surface area contributed by atoms with E-state index in [0.29, 0.717) is 43.3 Å². The summed E-state index contributed by atoms with van der Waals surface area (Å²) in [5.74, 6) is 3.62. The van der Waals surface area contributed by atoms with Gasteiger partial charge < -0.3 is 19.5 Å². The summed E-state index contributed by atoms with van der Waals surface area (Å²) in [5, 5.41) is 11.7. The first kappa shape index (κ1) is 18.0. The molecule has 8 nitrogen and oxygen atoms in total. The van der Waals surface area contributed by atoms with Crippen molar-refractivity contribution in [1.29, 1.82) is 0 Å². The maximum absolute atomic E-state index is 12.7. The van der Waals surface area contributed by atoms with Crippen molar-refractivity contribution < 1.29 is 9.21 Å². The van der Waals surface area contributed by atoms with Crippen molar-refractivity contribution in [2.24, 2.45) is 0 Å². The lowest BCUT2D eigenvalue weighted by molar-refractivity contribution is 0.0744. The Morgan fingerprint density at radius 2 is 1.86 bits per heavy atom. The molecule has 0 aliphatic carbocycles. The second-order valence-corrected chi connectivity index (χ2v) is 6.72. The van der Waals surface area contributed by atoms with Gasteiger partial charge in [-0.05, 0) is 44.2 Å². The summed E-state index contributed by atoms with van der Waals surface area (Å²) in [5.41, 5.74) is 0.649. The molecule has 8 heteroatoms. The summed E-state index contributed by atoms with van der Waals surface area (Å²) >= 11 is 0. The van der Waals surface area contributed by atoms with E-state index >= 15 is 0 Å². The minimum absolute atomic E-state index is 0.0231. The normalized spacial score (nSPS) is 14.2. The highest BCUT2D eigenvalue weighted by Gasteiger charge is 2.25. The topological polar surface area (TPSA) is 87.4 Å². The van der Waals surface area contributed by atoms with Crippen LogP contribution in [0.1, 0.15) is 21.9 Å². The van der Waals surface area contributed by atoms with Gasteiger partial charge in [0.1, 0.15) is 17.3 Å². The van der Waals surface area contributed by atoms with Crippen LogP contribution in [0.2, 0.25) is 0 Å². The van der Waals surface area contributed by atoms with E-state index in [9.17, 15) is 4.79 Å². The molecule has 144 valence electrons. The van der Waals surface area contributed by atoms with E-state index in [0.717, 1.165) is 17.4 Å². The van der Waals surface area contributed by atoms with Crippen LogP contribution in [0.3, 0.4) is 0 Å². The number of piperazine rings is 1. The van der Waals surface area contributed by atoms with Crippen LogP contribution in [-0.2, 0) is 0 Å². The third kappa shape index (κ3) is 3.80. The number of nitrogens with zero attached hydrogens (tertiary/aromatic N) is 5. The monoisotopic (exact) mass is 378 g/mol. The smallest absolute Gasteiger partial charge is 0.257 e. The quantitative estimate of drug-likeness (QED) is 0.747. The first-order valence-electron chi connectivity index (χ1n) is 9.23. The standard InChI is InChI=1S/C20H22N6O2/c1-14-13-16(15(2)28-14)20(27)26-11-9-25(10-12-26)19-7-6-18(23-24-19)22-17-5-3-4-8-21-17/h3-8,13H,9-12H2,1-2H3,(H,21,22,23). The van der Waals surface area contributed by atoms with Crippen LogP contribution in [-0.4, -0.2) is 52.2 Å². The lowest BCUT2D eigenvalue weighted by atomic mass is 10.2. The molecule has 0 radical (unpaired) electrons. The highest BCUT2D eigenvalue weighted by molar-refractivity contribution is 5.95. The van der Waals surface area contributed by atoms with Gasteiger partial charge in [0.05, 0.1) is 5.56 Å². The number of aromatic nitrogens is 3. The molecular formula is C20H22N6O2. The number of rotatable bonds is 4. The minimum atomic E-state index is 0.0231. The zero-order valence-corrected chi connectivity index (χ0v) is 15.9. The predicted molar refractivity (Wildman–Crippen MR) is 106 cm³/mol. The Kier molecular flexibility index (Phi) is 4.92. The predicted octanol–water partition coefficient (Wildman–Crippen LogP) is 2.79. The Labute approximate surface area is 163 Å². The fraction of sp³-hybridized carbons (Fsp3) is 0.300. The molecule has 1 amide bonds. The molecule has 0 atom stereocenters. The Morgan fingerprint density at radius 1 is 1.04 bits per heavy atom. The van der Waals surface area contributed by atoms with Crippen LogP contribution >= 0.6 is 0 Å². The number of carbonyl (C=O) groups is 1. The maximum Gasteiger partial charge on any atom is 0.257 e. The number of nitrogens with one attached hydrogen (secondary N) is 1. The Hall–Kier alpha value is -3.42. The summed E-state index contributed by atoms with van der Waals surface area (Å²) in [6, 6.07) is 11.3. The molecule has 1 saturated heterocycles. The van der Waals surface area contributed by atoms with Gasteiger partial charge in [0.15, 0.2) is 11.6 Å². The average molecular weight is 378 g/mol. The van der Waals surface area contributed by atoms with Crippen LogP contribution in [0.15, 0.2) is 47.0 Å². The number of furan rings is 1. The first-order valence-corrected chi connectivity index (χ1v) is 9.23. The van der Waals surface area contributed by atoms with E-state index in [1.165, 1.54) is 0 Å². The van der Waals surface area contributed by atoms with Gasteiger partial charge >= 0.3 is 0 Å². The summed E-state index contributed by atoms with van der Waals surface area (Å²) in [6.45, 7) is 6.38. The molecule has 28 heavy (non-hydrogen) atoms. The van der Waals surface area contributed by atoms with Crippen molar-refractivity contribution in [3.63, 3.8) is 0 Å². The van der Waals surface area contributed by atoms with Crippen LogP contribution in [0, 0.1) is 13.8 Å². The molecule has 4 heterocycles. The van der Waals surface area contributed by atoms with Gasteiger partial charge in [-0.15, -0.1) is 10.2 Å². The maximum atomic E-state index is 12.7. The van der Waals surface area contributed by atoms with Crippen LogP contribution in [0.5, 0.6) is 0 Å². The molecule has 0 unspecified atom stereocenters. The second-order valence-electron chi connectivity index (χ2n) is 6.72. The van der Waals surface area contributed by atoms with Crippen molar-refractivity contribution >= 4 is 23.4 Å². The van der Waals surface area contributed by atoms with Crippen LogP contribution < -0.4 is 10.2 Å². The van der Waals surface area contributed by atoms with E-state index in [4.69, 9.17) is 4.42 Å². The average Bonchev–Trinajstić information content (AvgIpc) is 3.07. The third-order valence-electron chi connectivity index (χ3n) is 4.73. The molecule has 3 aromatic heterocycles. The van der Waals surface area contributed by atoms with E-state index < -0.39 is 0 Å². The van der Waals surface area contributed by atoms with Gasteiger partial charge in [-0.2, -0.15) is 0 Å². The largest absolute Gasteiger partial charge is 0.466 e. The van der Waals surface area contributed by atoms with Gasteiger partial charge in [-0.3, -0.25) is 4.79 Å². The van der Waals surface area contributed by atoms with Gasteiger partial charge in [0, 0.05) is 32.4 Å². The van der Waals surface area contributed by atoms with Crippen molar-refractivity contribution in [1.82, 2.24) is 20.1 Å². The van der Waals surface area contributed by atoms with Crippen molar-refractivity contribution in [2.45, 2.75) is 13.8 Å². The fourth-order valence-corrected chi connectivity index (χ4v) is 3.28. The molecule has 1 N–H and O–H groups in total. The van der Waals surface area contributed by atoms with Gasteiger partial charge in [0.2, 0.25) is 0 Å². The van der Waals surface area contributed by atoms with Gasteiger partial charge in [0.25, 0.3) is 5.91 Å². The first-order chi connectivity index (χ1) is 13.6. The molecule has 0 bridgehead atoms. The van der Waals surface area contributed by atoms with E-state index in [2.05, 4.69) is 25.4 Å². The van der Waals surface area contributed by atoms with Crippen molar-refractivity contribution in [3.8, 4) is 0 Å². The summed E-state index contributed by atoms with van der Waals surface area (Å²) in [4.78, 5) is 20.9. The Morgan fingerprint density at radius 3 is 2.46 bits per heavy atom. The minimum Gasteiger partial charge on any atom is -0.466 e. The van der Waals surface area contributed by atoms with Crippen molar-refractivity contribution in [3.05, 3.63) is 59.7 Å². The summed E-state index contributed by atoms with van der Waals surface area (Å²) in [6.07, 6.45) is 1.72. The lowest BCUT2D eigenvalue weighted by Crippen LogP contribution is -2.49. The lowest BCUT2D eigenvalue weighted by Gasteiger charge is -2.35. The molecule has 1 aliphatic rings. The fourth-order valence-electron chi connectivity index (χ4n) is 3.28. The van der Waals surface area contributed by atoms with Gasteiger partial charge in [-0.25, -0.2) is 4.98 Å². The number of amides is 1. The second kappa shape index (κ2) is 7.67. The molecule has 0 saturated carbocycles. The molecule has 4 rings (SSSR count). The Bertz CT molecular complexity index is 947. The van der Waals surface area contributed by atoms with E-state index in [1.54, 1.807) is 6.20 Å². The SMILES string of the molecule is Cc1cc(C(=O)N2CCN(c3ccc(Nc4ccccn4)nn3)CC2)c(C)o1. The molecule has 0 spiro atoms. The number of anilines is 3. The number of pyridine rings is 1. The van der Waals surface area contributed by atoms with Crippen molar-refractivity contribution in [2.75, 3.05) is 36.4 Å². The number of hydrogen-bond donors (Lipinski definition) is 1. The zero-order chi connectivity index (χ0) is 19.5.